The van der Waals surface area contributed by atoms with Crippen LogP contribution in [0.3, 0.4) is 0 Å². The summed E-state index contributed by atoms with van der Waals surface area (Å²) in [5.41, 5.74) is 0. The summed E-state index contributed by atoms with van der Waals surface area (Å²) in [4.78, 5) is 13.8. The van der Waals surface area contributed by atoms with E-state index in [0.29, 0.717) is 13.1 Å². The number of ether oxygens (including phenoxy) is 1. The molecule has 1 N–H and O–H groups in total. The molecule has 0 heterocycles. The van der Waals surface area contributed by atoms with Gasteiger partial charge in [-0.1, -0.05) is 18.2 Å². The number of nitrogens with zero attached hydrogens (tertiary/aromatic N) is 1. The van der Waals surface area contributed by atoms with E-state index in [1.807, 2.05) is 0 Å². The maximum atomic E-state index is 14.2. The number of hydrogen-bond donors (Lipinski definition) is 1. The Bertz CT molecular complexity index is 930. The van der Waals surface area contributed by atoms with Gasteiger partial charge in [0, 0.05) is 30.3 Å². The first kappa shape index (κ1) is 24.1. The monoisotopic (exact) mass is 458 g/mol. The quantitative estimate of drug-likeness (QED) is 0.413. The van der Waals surface area contributed by atoms with Crippen LogP contribution < -0.4 is 9.46 Å². The number of hydrogen-bond acceptors (Lipinski definition) is 5. The van der Waals surface area contributed by atoms with Gasteiger partial charge in [0.05, 0.1) is 4.90 Å². The van der Waals surface area contributed by atoms with Crippen molar-refractivity contribution in [2.24, 2.45) is 0 Å². The fraction of sp³-hybridized carbons (Fsp3) is 0.350. The smallest absolute Gasteiger partial charge is 0.260 e. The van der Waals surface area contributed by atoms with Crippen LogP contribution in [0.1, 0.15) is 13.8 Å². The Hall–Kier alpha value is -2.17. The highest BCUT2D eigenvalue weighted by molar-refractivity contribution is 7.99. The Morgan fingerprint density at radius 2 is 1.70 bits per heavy atom. The van der Waals surface area contributed by atoms with Gasteiger partial charge in [0.2, 0.25) is 10.0 Å². The molecule has 0 saturated heterocycles. The van der Waals surface area contributed by atoms with Gasteiger partial charge in [-0.25, -0.2) is 21.9 Å². The van der Waals surface area contributed by atoms with Crippen LogP contribution in [0.25, 0.3) is 0 Å². The van der Waals surface area contributed by atoms with Crippen molar-refractivity contribution >= 4 is 27.7 Å². The molecule has 0 fully saturated rings. The van der Waals surface area contributed by atoms with Crippen LogP contribution in [-0.2, 0) is 14.8 Å². The number of nitrogens with one attached hydrogen (secondary N) is 1. The molecule has 6 nitrogen and oxygen atoms in total. The number of carbonyl (C=O) groups is 1. The Morgan fingerprint density at radius 3 is 2.27 bits per heavy atom. The summed E-state index contributed by atoms with van der Waals surface area (Å²) < 4.78 is 60.2. The van der Waals surface area contributed by atoms with Crippen molar-refractivity contribution in [3.05, 3.63) is 54.1 Å². The van der Waals surface area contributed by atoms with Crippen LogP contribution >= 0.6 is 11.8 Å². The molecule has 0 saturated carbocycles. The molecule has 0 aliphatic rings. The van der Waals surface area contributed by atoms with E-state index in [-0.39, 0.29) is 28.0 Å². The highest BCUT2D eigenvalue weighted by Crippen LogP contribution is 2.28. The first-order valence-electron chi connectivity index (χ1n) is 9.35. The van der Waals surface area contributed by atoms with E-state index in [9.17, 15) is 22.0 Å². The molecule has 1 amide bonds. The number of rotatable bonds is 11. The maximum absolute atomic E-state index is 14.2. The Morgan fingerprint density at radius 1 is 1.10 bits per heavy atom. The molecule has 164 valence electrons. The molecule has 10 heteroatoms. The molecule has 0 bridgehead atoms. The largest absolute Gasteiger partial charge is 0.478 e. The predicted octanol–water partition coefficient (Wildman–Crippen LogP) is 3.28. The lowest BCUT2D eigenvalue weighted by Gasteiger charge is -2.19. The summed E-state index contributed by atoms with van der Waals surface area (Å²) in [7, 11) is -3.63. The summed E-state index contributed by atoms with van der Waals surface area (Å²) in [5, 5.41) is 0. The highest BCUT2D eigenvalue weighted by Gasteiger charge is 2.17. The van der Waals surface area contributed by atoms with Crippen LogP contribution in [0.4, 0.5) is 8.78 Å². The summed E-state index contributed by atoms with van der Waals surface area (Å²) in [6.07, 6.45) is 0. The van der Waals surface area contributed by atoms with E-state index in [2.05, 4.69) is 4.72 Å². The molecular formula is C20H24F2N2O4S2. The van der Waals surface area contributed by atoms with Crippen molar-refractivity contribution in [2.45, 2.75) is 23.6 Å². The SMILES string of the molecule is CCN(CC)C(=O)COc1c(F)cc(SCCNS(=O)(=O)c2ccccc2)cc1F. The lowest BCUT2D eigenvalue weighted by Crippen LogP contribution is -2.34. The summed E-state index contributed by atoms with van der Waals surface area (Å²) >= 11 is 1.09. The van der Waals surface area contributed by atoms with Gasteiger partial charge < -0.3 is 9.64 Å². The van der Waals surface area contributed by atoms with E-state index in [0.717, 1.165) is 23.9 Å². The van der Waals surface area contributed by atoms with Gasteiger partial charge in [-0.15, -0.1) is 11.8 Å². The number of carbonyl (C=O) groups excluding carboxylic acids is 1. The number of benzene rings is 2. The minimum Gasteiger partial charge on any atom is -0.478 e. The fourth-order valence-corrected chi connectivity index (χ4v) is 4.58. The maximum Gasteiger partial charge on any atom is 0.260 e. The van der Waals surface area contributed by atoms with Crippen molar-refractivity contribution < 1.29 is 26.7 Å². The lowest BCUT2D eigenvalue weighted by atomic mass is 10.3. The van der Waals surface area contributed by atoms with Gasteiger partial charge in [-0.2, -0.15) is 0 Å². The molecule has 0 spiro atoms. The molecule has 0 aromatic heterocycles. The number of sulfonamides is 1. The van der Waals surface area contributed by atoms with Gasteiger partial charge in [-0.05, 0) is 38.1 Å². The summed E-state index contributed by atoms with van der Waals surface area (Å²) in [6, 6.07) is 10.1. The van der Waals surface area contributed by atoms with Crippen molar-refractivity contribution in [1.29, 1.82) is 0 Å². The molecule has 0 aliphatic heterocycles. The second kappa shape index (κ2) is 11.3. The Kier molecular flexibility index (Phi) is 9.07. The third-order valence-corrected chi connectivity index (χ3v) is 6.60. The Balaban J connectivity index is 1.90. The van der Waals surface area contributed by atoms with E-state index in [1.165, 1.54) is 17.0 Å². The highest BCUT2D eigenvalue weighted by atomic mass is 32.2. The zero-order valence-electron chi connectivity index (χ0n) is 16.7. The van der Waals surface area contributed by atoms with Crippen molar-refractivity contribution in [2.75, 3.05) is 32.0 Å². The van der Waals surface area contributed by atoms with Gasteiger partial charge >= 0.3 is 0 Å². The third kappa shape index (κ3) is 6.68. The lowest BCUT2D eigenvalue weighted by molar-refractivity contribution is -0.133. The predicted molar refractivity (Wildman–Crippen MR) is 112 cm³/mol. The number of likely N-dealkylation sites (N-methyl/N-ethyl adjacent to an activating group) is 1. The minimum absolute atomic E-state index is 0.0851. The van der Waals surface area contributed by atoms with E-state index in [4.69, 9.17) is 4.74 Å². The number of amides is 1. The average molecular weight is 459 g/mol. The number of thioether (sulfide) groups is 1. The standard InChI is InChI=1S/C20H24F2N2O4S2/c1-3-24(4-2)19(25)14-28-20-17(21)12-15(13-18(20)22)29-11-10-23-30(26,27)16-8-6-5-7-9-16/h5-9,12-13,23H,3-4,10-11,14H2,1-2H3. The molecule has 30 heavy (non-hydrogen) atoms. The van der Waals surface area contributed by atoms with Crippen molar-refractivity contribution in [3.8, 4) is 5.75 Å². The van der Waals surface area contributed by atoms with Crippen LogP contribution in [0.5, 0.6) is 5.75 Å². The first-order valence-corrected chi connectivity index (χ1v) is 11.8. The molecule has 2 aromatic carbocycles. The van der Waals surface area contributed by atoms with E-state index >= 15 is 0 Å². The van der Waals surface area contributed by atoms with E-state index < -0.39 is 34.0 Å². The average Bonchev–Trinajstić information content (AvgIpc) is 2.72. The van der Waals surface area contributed by atoms with Crippen LogP contribution in [0, 0.1) is 11.6 Å². The van der Waals surface area contributed by atoms with Crippen LogP contribution in [0.2, 0.25) is 0 Å². The first-order chi connectivity index (χ1) is 14.3. The summed E-state index contributed by atoms with van der Waals surface area (Å²) in [5.74, 6) is -2.54. The zero-order valence-corrected chi connectivity index (χ0v) is 18.4. The molecular weight excluding hydrogens is 434 g/mol. The molecule has 2 rings (SSSR count). The van der Waals surface area contributed by atoms with Crippen LogP contribution in [-0.4, -0.2) is 51.2 Å². The summed E-state index contributed by atoms with van der Waals surface area (Å²) in [6.45, 7) is 4.19. The minimum atomic E-state index is -3.63. The zero-order chi connectivity index (χ0) is 22.1. The third-order valence-electron chi connectivity index (χ3n) is 4.14. The molecule has 0 radical (unpaired) electrons. The van der Waals surface area contributed by atoms with E-state index in [1.54, 1.807) is 32.0 Å². The van der Waals surface area contributed by atoms with Crippen molar-refractivity contribution in [3.63, 3.8) is 0 Å². The fourth-order valence-electron chi connectivity index (χ4n) is 2.59. The molecule has 2 aromatic rings. The number of halogens is 2. The molecule has 0 aliphatic carbocycles. The normalized spacial score (nSPS) is 11.3. The van der Waals surface area contributed by atoms with Gasteiger partial charge in [0.15, 0.2) is 24.0 Å². The molecule has 0 atom stereocenters. The second-order valence-corrected chi connectivity index (χ2v) is 9.07. The van der Waals surface area contributed by atoms with Crippen molar-refractivity contribution in [1.82, 2.24) is 9.62 Å². The topological polar surface area (TPSA) is 75.7 Å². The van der Waals surface area contributed by atoms with Gasteiger partial charge in [0.25, 0.3) is 5.91 Å². The molecule has 0 unspecified atom stereocenters. The van der Waals surface area contributed by atoms with Crippen LogP contribution in [0.15, 0.2) is 52.3 Å². The van der Waals surface area contributed by atoms with Gasteiger partial charge in [-0.3, -0.25) is 4.79 Å². The Labute approximate surface area is 179 Å². The van der Waals surface area contributed by atoms with Gasteiger partial charge in [0.1, 0.15) is 0 Å². The second-order valence-electron chi connectivity index (χ2n) is 6.13.